The number of carbonyl (C=O) groups excluding carboxylic acids is 2. The number of Topliss-reactive ketones (excluding diaryl/α,β-unsaturated/α-hetero) is 1. The minimum absolute atomic E-state index is 0.00453. The number of ether oxygens (including phenoxy) is 2. The number of benzene rings is 3. The molecule has 5 rings (SSSR count). The van der Waals surface area contributed by atoms with Crippen LogP contribution < -0.4 is 14.4 Å². The van der Waals surface area contributed by atoms with Gasteiger partial charge in [0.15, 0.2) is 5.13 Å². The van der Waals surface area contributed by atoms with Crippen LogP contribution in [0.3, 0.4) is 0 Å². The van der Waals surface area contributed by atoms with Gasteiger partial charge in [-0.2, -0.15) is 0 Å². The molecule has 1 unspecified atom stereocenters. The van der Waals surface area contributed by atoms with E-state index in [4.69, 9.17) is 9.47 Å². The monoisotopic (exact) mass is 550 g/mol. The van der Waals surface area contributed by atoms with Crippen molar-refractivity contribution in [3.05, 3.63) is 87.9 Å². The quantitative estimate of drug-likeness (QED) is 0.195. The van der Waals surface area contributed by atoms with Crippen LogP contribution in [0.15, 0.2) is 76.8 Å². The Hall–Kier alpha value is -3.69. The first-order valence-corrected chi connectivity index (χ1v) is 12.2. The van der Waals surface area contributed by atoms with Crippen LogP contribution in [0.25, 0.3) is 16.0 Å². The van der Waals surface area contributed by atoms with Gasteiger partial charge in [-0.25, -0.2) is 4.98 Å². The van der Waals surface area contributed by atoms with Crippen molar-refractivity contribution in [1.29, 1.82) is 0 Å². The summed E-state index contributed by atoms with van der Waals surface area (Å²) in [5, 5.41) is 11.6. The zero-order valence-corrected chi connectivity index (χ0v) is 21.1. The Balaban J connectivity index is 1.70. The lowest BCUT2D eigenvalue weighted by molar-refractivity contribution is -0.132. The predicted molar refractivity (Wildman–Crippen MR) is 138 cm³/mol. The third-order valence-electron chi connectivity index (χ3n) is 5.76. The molecule has 1 N–H and O–H groups in total. The fourth-order valence-electron chi connectivity index (χ4n) is 4.05. The van der Waals surface area contributed by atoms with Crippen LogP contribution in [0.4, 0.5) is 5.13 Å². The molecule has 0 spiro atoms. The summed E-state index contributed by atoms with van der Waals surface area (Å²) in [5.41, 5.74) is 1.73. The van der Waals surface area contributed by atoms with Gasteiger partial charge in [0.1, 0.15) is 17.3 Å². The summed E-state index contributed by atoms with van der Waals surface area (Å²) in [6, 6.07) is 18.5. The highest BCUT2D eigenvalue weighted by atomic mass is 79.9. The van der Waals surface area contributed by atoms with Crippen LogP contribution in [-0.2, 0) is 9.59 Å². The number of aliphatic hydroxyl groups is 1. The van der Waals surface area contributed by atoms with E-state index in [2.05, 4.69) is 20.9 Å². The minimum atomic E-state index is -0.864. The minimum Gasteiger partial charge on any atom is -0.507 e. The van der Waals surface area contributed by atoms with Crippen molar-refractivity contribution < 1.29 is 24.2 Å². The molecular weight excluding hydrogens is 532 g/mol. The van der Waals surface area contributed by atoms with Gasteiger partial charge in [-0.1, -0.05) is 39.4 Å². The van der Waals surface area contributed by atoms with Gasteiger partial charge in [0.25, 0.3) is 5.78 Å². The highest BCUT2D eigenvalue weighted by Gasteiger charge is 2.48. The topological polar surface area (TPSA) is 89.0 Å². The van der Waals surface area contributed by atoms with Gasteiger partial charge in [0.2, 0.25) is 0 Å². The van der Waals surface area contributed by atoms with E-state index in [1.807, 2.05) is 30.3 Å². The van der Waals surface area contributed by atoms with Crippen molar-refractivity contribution in [3.8, 4) is 11.5 Å². The lowest BCUT2D eigenvalue weighted by atomic mass is 9.95. The van der Waals surface area contributed by atoms with Gasteiger partial charge in [-0.3, -0.25) is 14.5 Å². The van der Waals surface area contributed by atoms with Crippen LogP contribution in [-0.4, -0.2) is 36.0 Å². The largest absolute Gasteiger partial charge is 0.507 e. The zero-order chi connectivity index (χ0) is 24.7. The third kappa shape index (κ3) is 4.06. The Morgan fingerprint density at radius 2 is 1.71 bits per heavy atom. The second-order valence-corrected chi connectivity index (χ2v) is 9.71. The Morgan fingerprint density at radius 1 is 1.00 bits per heavy atom. The van der Waals surface area contributed by atoms with Crippen LogP contribution in [0, 0.1) is 0 Å². The smallest absolute Gasteiger partial charge is 0.301 e. The van der Waals surface area contributed by atoms with Crippen molar-refractivity contribution in [3.63, 3.8) is 0 Å². The molecule has 1 aliphatic heterocycles. The highest BCUT2D eigenvalue weighted by molar-refractivity contribution is 9.10. The van der Waals surface area contributed by atoms with Gasteiger partial charge in [0, 0.05) is 10.0 Å². The Morgan fingerprint density at radius 3 is 2.40 bits per heavy atom. The predicted octanol–water partition coefficient (Wildman–Crippen LogP) is 5.70. The molecule has 1 aliphatic rings. The van der Waals surface area contributed by atoms with Crippen LogP contribution >= 0.6 is 27.3 Å². The van der Waals surface area contributed by atoms with Gasteiger partial charge >= 0.3 is 5.91 Å². The second kappa shape index (κ2) is 9.16. The summed E-state index contributed by atoms with van der Waals surface area (Å²) in [6.45, 7) is 0. The molecule has 2 heterocycles. The zero-order valence-electron chi connectivity index (χ0n) is 18.7. The molecule has 1 atom stereocenters. The number of rotatable bonds is 5. The molecule has 35 heavy (non-hydrogen) atoms. The number of anilines is 1. The van der Waals surface area contributed by atoms with E-state index in [0.29, 0.717) is 33.3 Å². The molecule has 3 aromatic carbocycles. The lowest BCUT2D eigenvalue weighted by Gasteiger charge is -2.23. The molecule has 1 amide bonds. The summed E-state index contributed by atoms with van der Waals surface area (Å²) in [4.78, 5) is 32.7. The number of aromatic nitrogens is 1. The molecule has 4 aromatic rings. The first-order chi connectivity index (χ1) is 16.9. The second-order valence-electron chi connectivity index (χ2n) is 7.78. The highest BCUT2D eigenvalue weighted by Crippen LogP contribution is 2.45. The van der Waals surface area contributed by atoms with Crippen LogP contribution in [0.1, 0.15) is 17.2 Å². The molecule has 1 saturated heterocycles. The molecule has 1 aromatic heterocycles. The van der Waals surface area contributed by atoms with Gasteiger partial charge in [-0.05, 0) is 60.2 Å². The van der Waals surface area contributed by atoms with E-state index < -0.39 is 17.7 Å². The van der Waals surface area contributed by atoms with Gasteiger partial charge in [-0.15, -0.1) is 0 Å². The Bertz CT molecular complexity index is 1500. The van der Waals surface area contributed by atoms with Crippen molar-refractivity contribution >= 4 is 60.1 Å². The van der Waals surface area contributed by atoms with Crippen molar-refractivity contribution in [2.75, 3.05) is 19.1 Å². The molecule has 7 nitrogen and oxygen atoms in total. The number of amides is 1. The van der Waals surface area contributed by atoms with E-state index in [1.54, 1.807) is 50.6 Å². The van der Waals surface area contributed by atoms with E-state index in [-0.39, 0.29) is 11.3 Å². The summed E-state index contributed by atoms with van der Waals surface area (Å²) in [5.74, 6) is -0.523. The van der Waals surface area contributed by atoms with E-state index in [0.717, 1.165) is 9.17 Å². The number of fused-ring (bicyclic) bond motifs is 1. The molecule has 0 aliphatic carbocycles. The maximum atomic E-state index is 13.4. The summed E-state index contributed by atoms with van der Waals surface area (Å²) < 4.78 is 12.1. The first-order valence-electron chi connectivity index (χ1n) is 10.6. The van der Waals surface area contributed by atoms with Crippen LogP contribution in [0.2, 0.25) is 0 Å². The normalized spacial score (nSPS) is 17.2. The molecule has 0 bridgehead atoms. The SMILES string of the molecule is COc1ccc(C(O)=C2C(=O)C(=O)N(c3nc4ccc(OC)cc4s3)C2c2cccc(Br)c2)cc1. The van der Waals surface area contributed by atoms with Crippen molar-refractivity contribution in [2.24, 2.45) is 0 Å². The first kappa shape index (κ1) is 23.1. The number of halogens is 1. The van der Waals surface area contributed by atoms with Crippen molar-refractivity contribution in [1.82, 2.24) is 4.98 Å². The number of hydrogen-bond acceptors (Lipinski definition) is 7. The molecular formula is C26H19BrN2O5S. The summed E-state index contributed by atoms with van der Waals surface area (Å²) in [6.07, 6.45) is 0. The third-order valence-corrected chi connectivity index (χ3v) is 7.27. The number of thiazole rings is 1. The summed E-state index contributed by atoms with van der Waals surface area (Å²) in [7, 11) is 3.12. The molecule has 1 fully saturated rings. The number of hydrogen-bond donors (Lipinski definition) is 1. The lowest BCUT2D eigenvalue weighted by Crippen LogP contribution is -2.29. The maximum absolute atomic E-state index is 13.4. The van der Waals surface area contributed by atoms with E-state index in [1.165, 1.54) is 16.2 Å². The van der Waals surface area contributed by atoms with Gasteiger partial charge < -0.3 is 14.6 Å². The molecule has 0 saturated carbocycles. The number of nitrogens with zero attached hydrogens (tertiary/aromatic N) is 2. The maximum Gasteiger partial charge on any atom is 0.301 e. The molecule has 9 heteroatoms. The number of carbonyl (C=O) groups is 2. The van der Waals surface area contributed by atoms with Gasteiger partial charge in [0.05, 0.1) is 36.1 Å². The summed E-state index contributed by atoms with van der Waals surface area (Å²) >= 11 is 4.75. The average Bonchev–Trinajstić information content (AvgIpc) is 3.41. The van der Waals surface area contributed by atoms with Crippen LogP contribution in [0.5, 0.6) is 11.5 Å². The van der Waals surface area contributed by atoms with E-state index >= 15 is 0 Å². The standard InChI is InChI=1S/C26H19BrN2O5S/c1-33-17-8-6-14(7-9-17)23(30)21-22(15-4-3-5-16(27)12-15)29(25(32)24(21)31)26-28-19-11-10-18(34-2)13-20(19)35-26/h3-13,22,30H,1-2H3. The molecule has 176 valence electrons. The number of ketones is 1. The van der Waals surface area contributed by atoms with Crippen molar-refractivity contribution in [2.45, 2.75) is 6.04 Å². The fourth-order valence-corrected chi connectivity index (χ4v) is 5.49. The Kier molecular flexibility index (Phi) is 6.04. The average molecular weight is 551 g/mol. The number of aliphatic hydroxyl groups excluding tert-OH is 1. The molecule has 0 radical (unpaired) electrons. The Labute approximate surface area is 213 Å². The fraction of sp³-hybridized carbons (Fsp3) is 0.115. The number of methoxy groups -OCH3 is 2. The van der Waals surface area contributed by atoms with E-state index in [9.17, 15) is 14.7 Å².